The molecule has 0 spiro atoms. The highest BCUT2D eigenvalue weighted by Gasteiger charge is 2.50. The Labute approximate surface area is 282 Å². The summed E-state index contributed by atoms with van der Waals surface area (Å²) in [5.74, 6) is 0.509. The molecule has 0 aliphatic carbocycles. The Bertz CT molecular complexity index is 1520. The fraction of sp³-hybridized carbons (Fsp3) is 0.525. The van der Waals surface area contributed by atoms with Crippen LogP contribution in [-0.2, 0) is 26.3 Å². The van der Waals surface area contributed by atoms with Crippen LogP contribution in [0.3, 0.4) is 0 Å². The van der Waals surface area contributed by atoms with Crippen LogP contribution >= 0.6 is 0 Å². The van der Waals surface area contributed by atoms with Gasteiger partial charge < -0.3 is 29.1 Å². The highest BCUT2D eigenvalue weighted by atomic mass is 16.7. The second kappa shape index (κ2) is 12.9. The Kier molecular flexibility index (Phi) is 10.0. The van der Waals surface area contributed by atoms with Crippen LogP contribution in [0.2, 0.25) is 0 Å². The molecule has 0 radical (unpaired) electrons. The van der Waals surface area contributed by atoms with Crippen LogP contribution in [-0.4, -0.2) is 63.2 Å². The topological polar surface area (TPSA) is 71.5 Å². The van der Waals surface area contributed by atoms with Gasteiger partial charge in [0.05, 0.1) is 12.2 Å². The van der Waals surface area contributed by atoms with Crippen molar-refractivity contribution >= 4 is 17.2 Å². The highest BCUT2D eigenvalue weighted by Crippen LogP contribution is 2.53. The molecule has 47 heavy (non-hydrogen) atoms. The van der Waals surface area contributed by atoms with Crippen molar-refractivity contribution in [2.24, 2.45) is 10.8 Å². The van der Waals surface area contributed by atoms with Crippen molar-refractivity contribution in [1.29, 1.82) is 0 Å². The molecule has 1 heterocycles. The molecular formula is C40H56N2O5. The standard InChI is InChI=1S/C40H56N2O5/c1-36(2,3)34(43)39(9,44)26-45-38(7,8)25-27-17-14-22-32-33(27)46-35(37(4,5)6)47-40(32,28-18-15-20-30(23-28)41(10)11)29-19-16-21-31(24-29)42(12)13/h14-24,35,44H,25-26H2,1-13H3. The Morgan fingerprint density at radius 1 is 0.809 bits per heavy atom. The lowest BCUT2D eigenvalue weighted by Crippen LogP contribution is -2.49. The van der Waals surface area contributed by atoms with Gasteiger partial charge in [-0.3, -0.25) is 4.79 Å². The molecule has 3 aromatic carbocycles. The molecule has 1 aliphatic rings. The minimum absolute atomic E-state index is 0.113. The molecule has 1 N–H and O–H groups in total. The summed E-state index contributed by atoms with van der Waals surface area (Å²) in [6.45, 7) is 17.2. The molecule has 0 bridgehead atoms. The maximum Gasteiger partial charge on any atom is 0.206 e. The van der Waals surface area contributed by atoms with Crippen LogP contribution in [0.1, 0.15) is 84.6 Å². The molecule has 1 aliphatic heterocycles. The Balaban J connectivity index is 1.92. The molecule has 0 aromatic heterocycles. The van der Waals surface area contributed by atoms with E-state index in [2.05, 4.69) is 91.2 Å². The highest BCUT2D eigenvalue weighted by molar-refractivity contribution is 5.91. The van der Waals surface area contributed by atoms with Crippen LogP contribution < -0.4 is 14.5 Å². The van der Waals surface area contributed by atoms with Crippen molar-refractivity contribution in [1.82, 2.24) is 0 Å². The molecule has 2 unspecified atom stereocenters. The van der Waals surface area contributed by atoms with Crippen LogP contribution in [0, 0.1) is 10.8 Å². The summed E-state index contributed by atoms with van der Waals surface area (Å²) >= 11 is 0. The smallest absolute Gasteiger partial charge is 0.206 e. The van der Waals surface area contributed by atoms with E-state index in [1.165, 1.54) is 6.92 Å². The zero-order valence-electron chi connectivity index (χ0n) is 30.8. The number of ketones is 1. The van der Waals surface area contributed by atoms with Crippen molar-refractivity contribution in [2.45, 2.75) is 91.8 Å². The third kappa shape index (κ3) is 7.69. The fourth-order valence-corrected chi connectivity index (χ4v) is 6.19. The third-order valence-electron chi connectivity index (χ3n) is 8.76. The quantitative estimate of drug-likeness (QED) is 0.244. The molecular weight excluding hydrogens is 588 g/mol. The van der Waals surface area contributed by atoms with Crippen molar-refractivity contribution in [2.75, 3.05) is 44.6 Å². The summed E-state index contributed by atoms with van der Waals surface area (Å²) in [5, 5.41) is 11.1. The molecule has 7 nitrogen and oxygen atoms in total. The number of nitrogens with zero attached hydrogens (tertiary/aromatic N) is 2. The summed E-state index contributed by atoms with van der Waals surface area (Å²) in [4.78, 5) is 17.2. The van der Waals surface area contributed by atoms with Gasteiger partial charge in [0.2, 0.25) is 6.29 Å². The maximum absolute atomic E-state index is 13.0. The van der Waals surface area contributed by atoms with Crippen molar-refractivity contribution in [3.63, 3.8) is 0 Å². The van der Waals surface area contributed by atoms with Gasteiger partial charge in [0, 0.05) is 62.4 Å². The minimum Gasteiger partial charge on any atom is -0.464 e. The summed E-state index contributed by atoms with van der Waals surface area (Å²) < 4.78 is 20.5. The number of para-hydroxylation sites is 1. The zero-order chi connectivity index (χ0) is 35.2. The predicted octanol–water partition coefficient (Wildman–Crippen LogP) is 7.60. The second-order valence-corrected chi connectivity index (χ2v) is 16.4. The van der Waals surface area contributed by atoms with E-state index in [9.17, 15) is 9.90 Å². The number of fused-ring (bicyclic) bond motifs is 1. The summed E-state index contributed by atoms with van der Waals surface area (Å²) in [6.07, 6.45) is -0.102. The number of aliphatic hydroxyl groups is 1. The van der Waals surface area contributed by atoms with Crippen molar-refractivity contribution in [3.8, 4) is 5.75 Å². The van der Waals surface area contributed by atoms with Gasteiger partial charge in [-0.2, -0.15) is 0 Å². The Hall–Kier alpha value is -3.39. The van der Waals surface area contributed by atoms with E-state index in [1.807, 2.05) is 68.9 Å². The number of carbonyl (C=O) groups excluding carboxylic acids is 1. The maximum atomic E-state index is 13.0. The lowest BCUT2D eigenvalue weighted by molar-refractivity contribution is -0.208. The number of rotatable bonds is 10. The van der Waals surface area contributed by atoms with Gasteiger partial charge in [-0.1, -0.05) is 84.0 Å². The van der Waals surface area contributed by atoms with E-state index in [0.717, 1.165) is 39.4 Å². The number of carbonyl (C=O) groups is 1. The molecule has 256 valence electrons. The minimum atomic E-state index is -1.61. The average molecular weight is 645 g/mol. The molecule has 0 saturated carbocycles. The zero-order valence-corrected chi connectivity index (χ0v) is 30.8. The number of anilines is 2. The van der Waals surface area contributed by atoms with Gasteiger partial charge in [-0.25, -0.2) is 0 Å². The first-order chi connectivity index (χ1) is 21.6. The first-order valence-corrected chi connectivity index (χ1v) is 16.5. The Morgan fingerprint density at radius 2 is 1.32 bits per heavy atom. The van der Waals surface area contributed by atoms with E-state index in [0.29, 0.717) is 6.42 Å². The van der Waals surface area contributed by atoms with Crippen LogP contribution in [0.25, 0.3) is 0 Å². The van der Waals surface area contributed by atoms with E-state index >= 15 is 0 Å². The molecule has 2 atom stereocenters. The first kappa shape index (κ1) is 36.4. The van der Waals surface area contributed by atoms with Crippen LogP contribution in [0.4, 0.5) is 11.4 Å². The molecule has 4 rings (SSSR count). The Morgan fingerprint density at radius 3 is 1.79 bits per heavy atom. The van der Waals surface area contributed by atoms with Crippen molar-refractivity contribution < 1.29 is 24.1 Å². The largest absolute Gasteiger partial charge is 0.464 e. The van der Waals surface area contributed by atoms with Gasteiger partial charge in [0.1, 0.15) is 11.4 Å². The van der Waals surface area contributed by atoms with Crippen LogP contribution in [0.5, 0.6) is 5.75 Å². The first-order valence-electron chi connectivity index (χ1n) is 16.5. The monoisotopic (exact) mass is 644 g/mol. The number of ether oxygens (including phenoxy) is 3. The average Bonchev–Trinajstić information content (AvgIpc) is 2.98. The second-order valence-electron chi connectivity index (χ2n) is 16.4. The summed E-state index contributed by atoms with van der Waals surface area (Å²) in [7, 11) is 8.17. The molecule has 7 heteroatoms. The normalized spacial score (nSPS) is 17.7. The number of hydrogen-bond donors (Lipinski definition) is 1. The molecule has 3 aromatic rings. The summed E-state index contributed by atoms with van der Waals surface area (Å²) in [5.41, 5.74) is 1.62. The van der Waals surface area contributed by atoms with Gasteiger partial charge >= 0.3 is 0 Å². The number of benzene rings is 3. The van der Waals surface area contributed by atoms with Gasteiger partial charge in [0.15, 0.2) is 11.4 Å². The SMILES string of the molecule is CN(C)c1cccc(C2(c3cccc(N(C)C)c3)OC(C(C)(C)C)Oc3c(CC(C)(C)OCC(C)(O)C(=O)C(C)(C)C)cccc32)c1. The lowest BCUT2D eigenvalue weighted by Gasteiger charge is -2.48. The fourth-order valence-electron chi connectivity index (χ4n) is 6.19. The van der Waals surface area contributed by atoms with E-state index in [4.69, 9.17) is 14.2 Å². The van der Waals surface area contributed by atoms with E-state index in [1.54, 1.807) is 0 Å². The van der Waals surface area contributed by atoms with Gasteiger partial charge in [-0.05, 0) is 61.7 Å². The number of Topliss-reactive ketones (excluding diaryl/α,β-unsaturated/α-hetero) is 1. The van der Waals surface area contributed by atoms with E-state index in [-0.39, 0.29) is 17.8 Å². The molecule has 0 saturated heterocycles. The summed E-state index contributed by atoms with van der Waals surface area (Å²) in [6, 6.07) is 23.3. The van der Waals surface area contributed by atoms with Gasteiger partial charge in [0.25, 0.3) is 0 Å². The lowest BCUT2D eigenvalue weighted by atomic mass is 9.76. The van der Waals surface area contributed by atoms with E-state index < -0.39 is 28.5 Å². The number of hydrogen-bond acceptors (Lipinski definition) is 7. The predicted molar refractivity (Wildman–Crippen MR) is 192 cm³/mol. The van der Waals surface area contributed by atoms with Crippen LogP contribution in [0.15, 0.2) is 66.7 Å². The molecule has 0 fully saturated rings. The van der Waals surface area contributed by atoms with Gasteiger partial charge in [-0.15, -0.1) is 0 Å². The molecule has 0 amide bonds. The third-order valence-corrected chi connectivity index (χ3v) is 8.76. The van der Waals surface area contributed by atoms with Crippen molar-refractivity contribution in [3.05, 3.63) is 89.0 Å².